The van der Waals surface area contributed by atoms with Crippen molar-refractivity contribution >= 4 is 22.9 Å². The van der Waals surface area contributed by atoms with Gasteiger partial charge in [0.2, 0.25) is 0 Å². The Morgan fingerprint density at radius 2 is 1.95 bits per heavy atom. The third-order valence-electron chi connectivity index (χ3n) is 4.15. The lowest BCUT2D eigenvalue weighted by Gasteiger charge is -2.42. The average Bonchev–Trinajstić information content (AvgIpc) is 3.02. The van der Waals surface area contributed by atoms with Crippen LogP contribution in [-0.2, 0) is 9.47 Å². The number of hydrogen-bond donors (Lipinski definition) is 1. The van der Waals surface area contributed by atoms with E-state index in [9.17, 15) is 0 Å². The van der Waals surface area contributed by atoms with E-state index in [1.807, 2.05) is 6.07 Å². The van der Waals surface area contributed by atoms with Crippen molar-refractivity contribution in [1.29, 1.82) is 0 Å². The molecule has 2 unspecified atom stereocenters. The number of nitrogens with zero attached hydrogens (tertiary/aromatic N) is 1. The molecular weight excluding hydrogens is 296 g/mol. The van der Waals surface area contributed by atoms with E-state index in [-0.39, 0.29) is 17.9 Å². The molecule has 1 spiro atoms. The molecule has 2 N–H and O–H groups in total. The molecule has 0 amide bonds. The van der Waals surface area contributed by atoms with Crippen molar-refractivity contribution in [2.75, 3.05) is 26.3 Å². The Kier molecular flexibility index (Phi) is 4.36. The van der Waals surface area contributed by atoms with Gasteiger partial charge >= 0.3 is 0 Å². The molecule has 6 heteroatoms. The Bertz CT molecular complexity index is 450. The van der Waals surface area contributed by atoms with Crippen LogP contribution in [0.1, 0.15) is 30.7 Å². The number of likely N-dealkylation sites (tertiary alicyclic amines) is 1. The van der Waals surface area contributed by atoms with Crippen LogP contribution >= 0.6 is 22.9 Å². The van der Waals surface area contributed by atoms with Crippen molar-refractivity contribution in [2.45, 2.75) is 37.6 Å². The van der Waals surface area contributed by atoms with Gasteiger partial charge in [-0.2, -0.15) is 0 Å². The fourth-order valence-electron chi connectivity index (χ4n) is 3.19. The van der Waals surface area contributed by atoms with Gasteiger partial charge in [-0.25, -0.2) is 0 Å². The molecule has 0 radical (unpaired) electrons. The van der Waals surface area contributed by atoms with Gasteiger partial charge < -0.3 is 15.2 Å². The third-order valence-corrected chi connectivity index (χ3v) is 5.45. The molecule has 2 aliphatic rings. The highest BCUT2D eigenvalue weighted by Crippen LogP contribution is 2.37. The van der Waals surface area contributed by atoms with Crippen molar-refractivity contribution < 1.29 is 9.47 Å². The first-order chi connectivity index (χ1) is 9.60. The lowest BCUT2D eigenvalue weighted by Crippen LogP contribution is -2.49. The Morgan fingerprint density at radius 1 is 1.30 bits per heavy atom. The van der Waals surface area contributed by atoms with E-state index in [1.165, 1.54) is 4.88 Å². The van der Waals surface area contributed by atoms with Crippen LogP contribution in [0.15, 0.2) is 12.1 Å². The quantitative estimate of drug-likeness (QED) is 0.931. The fraction of sp³-hybridized carbons (Fsp3) is 0.714. The minimum Gasteiger partial charge on any atom is -0.347 e. The molecule has 4 nitrogen and oxygen atoms in total. The number of thiophene rings is 1. The Morgan fingerprint density at radius 3 is 2.45 bits per heavy atom. The normalized spacial score (nSPS) is 25.9. The van der Waals surface area contributed by atoms with E-state index in [2.05, 4.69) is 17.9 Å². The highest BCUT2D eigenvalue weighted by molar-refractivity contribution is 7.16. The molecule has 0 aromatic carbocycles. The predicted molar refractivity (Wildman–Crippen MR) is 81.2 cm³/mol. The van der Waals surface area contributed by atoms with Gasteiger partial charge in [0.05, 0.1) is 23.6 Å². The largest absolute Gasteiger partial charge is 0.347 e. The first-order valence-electron chi connectivity index (χ1n) is 7.12. The van der Waals surface area contributed by atoms with Crippen LogP contribution in [-0.4, -0.2) is 43.0 Å². The maximum Gasteiger partial charge on any atom is 0.170 e. The maximum absolute atomic E-state index is 6.21. The molecule has 0 aliphatic carbocycles. The summed E-state index contributed by atoms with van der Waals surface area (Å²) in [5.74, 6) is -0.327. The number of hydrogen-bond acceptors (Lipinski definition) is 5. The molecule has 2 fully saturated rings. The monoisotopic (exact) mass is 316 g/mol. The highest BCUT2D eigenvalue weighted by atomic mass is 35.5. The summed E-state index contributed by atoms with van der Waals surface area (Å²) in [6.07, 6.45) is 1.82. The van der Waals surface area contributed by atoms with Crippen molar-refractivity contribution in [3.8, 4) is 0 Å². The molecule has 2 saturated heterocycles. The summed E-state index contributed by atoms with van der Waals surface area (Å²) in [6.45, 7) is 5.39. The first-order valence-corrected chi connectivity index (χ1v) is 8.32. The van der Waals surface area contributed by atoms with Gasteiger partial charge in [-0.05, 0) is 19.1 Å². The number of nitrogens with two attached hydrogens (primary N) is 1. The minimum absolute atomic E-state index is 0.0733. The molecule has 2 atom stereocenters. The lowest BCUT2D eigenvalue weighted by molar-refractivity contribution is -0.188. The van der Waals surface area contributed by atoms with E-state index < -0.39 is 0 Å². The van der Waals surface area contributed by atoms with Gasteiger partial charge in [0.25, 0.3) is 0 Å². The van der Waals surface area contributed by atoms with Crippen LogP contribution < -0.4 is 5.73 Å². The topological polar surface area (TPSA) is 47.7 Å². The van der Waals surface area contributed by atoms with Crippen molar-refractivity contribution in [1.82, 2.24) is 4.90 Å². The average molecular weight is 317 g/mol. The molecule has 2 aliphatic heterocycles. The lowest BCUT2D eigenvalue weighted by atomic mass is 9.98. The number of ether oxygens (including phenoxy) is 2. The molecule has 20 heavy (non-hydrogen) atoms. The van der Waals surface area contributed by atoms with Gasteiger partial charge in [-0.3, -0.25) is 4.90 Å². The fourth-order valence-corrected chi connectivity index (χ4v) is 4.50. The summed E-state index contributed by atoms with van der Waals surface area (Å²) >= 11 is 7.69. The van der Waals surface area contributed by atoms with Crippen LogP contribution in [0.4, 0.5) is 0 Å². The second kappa shape index (κ2) is 5.91. The summed E-state index contributed by atoms with van der Waals surface area (Å²) in [6, 6.07) is 4.34. The standard InChI is InChI=1S/C14H21ClN2O2S/c1-10(16)13(11-2-3-12(15)20-11)17-6-4-14(5-7-17)18-8-9-19-14/h2-3,10,13H,4-9,16H2,1H3. The number of rotatable bonds is 3. The van der Waals surface area contributed by atoms with Gasteiger partial charge in [-0.1, -0.05) is 11.6 Å². The number of halogens is 1. The molecule has 112 valence electrons. The summed E-state index contributed by atoms with van der Waals surface area (Å²) in [5, 5.41) is 0. The van der Waals surface area contributed by atoms with Crippen LogP contribution in [0, 0.1) is 0 Å². The van der Waals surface area contributed by atoms with Gasteiger partial charge in [0.1, 0.15) is 0 Å². The summed E-state index contributed by atoms with van der Waals surface area (Å²) < 4.78 is 12.4. The number of piperidine rings is 1. The van der Waals surface area contributed by atoms with E-state index in [0.29, 0.717) is 0 Å². The van der Waals surface area contributed by atoms with Crippen molar-refractivity contribution in [3.05, 3.63) is 21.3 Å². The minimum atomic E-state index is -0.327. The Balaban J connectivity index is 1.70. The zero-order chi connectivity index (χ0) is 14.2. The predicted octanol–water partition coefficient (Wildman–Crippen LogP) is 2.63. The zero-order valence-corrected chi connectivity index (χ0v) is 13.3. The van der Waals surface area contributed by atoms with Crippen LogP contribution in [0.3, 0.4) is 0 Å². The van der Waals surface area contributed by atoms with Crippen LogP contribution in [0.2, 0.25) is 4.34 Å². The van der Waals surface area contributed by atoms with Gasteiger partial charge in [0, 0.05) is 36.9 Å². The summed E-state index contributed by atoms with van der Waals surface area (Å²) in [5.41, 5.74) is 6.21. The molecule has 1 aromatic heterocycles. The maximum atomic E-state index is 6.21. The second-order valence-corrected chi connectivity index (χ2v) is 7.34. The third kappa shape index (κ3) is 2.89. The van der Waals surface area contributed by atoms with E-state index in [4.69, 9.17) is 26.8 Å². The van der Waals surface area contributed by atoms with Crippen molar-refractivity contribution in [2.24, 2.45) is 5.73 Å². The second-order valence-electron chi connectivity index (χ2n) is 5.59. The molecule has 1 aromatic rings. The summed E-state index contributed by atoms with van der Waals surface area (Å²) in [7, 11) is 0. The Hall–Kier alpha value is -0.170. The molecule has 0 bridgehead atoms. The summed E-state index contributed by atoms with van der Waals surface area (Å²) in [4.78, 5) is 3.68. The van der Waals surface area contributed by atoms with Crippen LogP contribution in [0.25, 0.3) is 0 Å². The first kappa shape index (κ1) is 14.8. The van der Waals surface area contributed by atoms with Gasteiger partial charge in [0.15, 0.2) is 5.79 Å². The van der Waals surface area contributed by atoms with Gasteiger partial charge in [-0.15, -0.1) is 11.3 Å². The zero-order valence-electron chi connectivity index (χ0n) is 11.7. The molecule has 3 rings (SSSR count). The van der Waals surface area contributed by atoms with E-state index in [0.717, 1.165) is 43.5 Å². The molecule has 0 saturated carbocycles. The van der Waals surface area contributed by atoms with E-state index in [1.54, 1.807) is 11.3 Å². The van der Waals surface area contributed by atoms with Crippen molar-refractivity contribution in [3.63, 3.8) is 0 Å². The smallest absolute Gasteiger partial charge is 0.170 e. The van der Waals surface area contributed by atoms with E-state index >= 15 is 0 Å². The SMILES string of the molecule is CC(N)C(c1ccc(Cl)s1)N1CCC2(CC1)OCCO2. The van der Waals surface area contributed by atoms with Crippen LogP contribution in [0.5, 0.6) is 0 Å². The highest BCUT2D eigenvalue weighted by Gasteiger charge is 2.41. The Labute approximate surface area is 128 Å². The molecule has 3 heterocycles. The molecular formula is C14H21ClN2O2S.